The lowest BCUT2D eigenvalue weighted by atomic mass is 9.96. The Morgan fingerprint density at radius 3 is 2.56 bits per heavy atom. The van der Waals surface area contributed by atoms with Gasteiger partial charge < -0.3 is 15.2 Å². The van der Waals surface area contributed by atoms with Gasteiger partial charge in [0.1, 0.15) is 18.5 Å². The molecule has 0 bridgehead atoms. The fourth-order valence-electron chi connectivity index (χ4n) is 3.44. The predicted octanol–water partition coefficient (Wildman–Crippen LogP) is 4.34. The van der Waals surface area contributed by atoms with Crippen LogP contribution >= 0.6 is 23.7 Å². The second kappa shape index (κ2) is 10.6. The number of nitrogens with zero attached hydrogens (tertiary/aromatic N) is 1. The number of hydrogen-bond donors (Lipinski definition) is 2. The van der Waals surface area contributed by atoms with Crippen LogP contribution in [-0.4, -0.2) is 29.3 Å². The highest BCUT2D eigenvalue weighted by molar-refractivity contribution is 7.10. The van der Waals surface area contributed by atoms with Gasteiger partial charge in [0.2, 0.25) is 0 Å². The number of halogens is 1. The SMILES string of the molecule is Cl.O=[N+]([O-])c1ccc(OCC(O)CNC(c2cccs2)C2CCCC2)cc1. The number of hydrogen-bond acceptors (Lipinski definition) is 6. The minimum absolute atomic E-state index is 0. The van der Waals surface area contributed by atoms with Crippen molar-refractivity contribution in [3.05, 3.63) is 56.8 Å². The number of aliphatic hydroxyl groups excluding tert-OH is 1. The van der Waals surface area contributed by atoms with E-state index >= 15 is 0 Å². The average molecular weight is 413 g/mol. The van der Waals surface area contributed by atoms with Gasteiger partial charge in [-0.15, -0.1) is 23.7 Å². The summed E-state index contributed by atoms with van der Waals surface area (Å²) in [7, 11) is 0. The van der Waals surface area contributed by atoms with Crippen LogP contribution in [0.1, 0.15) is 36.6 Å². The highest BCUT2D eigenvalue weighted by atomic mass is 35.5. The quantitative estimate of drug-likeness (QED) is 0.472. The van der Waals surface area contributed by atoms with Crippen LogP contribution in [0.4, 0.5) is 5.69 Å². The van der Waals surface area contributed by atoms with Crippen LogP contribution in [0.25, 0.3) is 0 Å². The summed E-state index contributed by atoms with van der Waals surface area (Å²) in [6.07, 6.45) is 4.37. The number of rotatable bonds is 9. The van der Waals surface area contributed by atoms with E-state index in [0.29, 0.717) is 18.2 Å². The van der Waals surface area contributed by atoms with Gasteiger partial charge in [-0.2, -0.15) is 0 Å². The topological polar surface area (TPSA) is 84.6 Å². The molecule has 3 rings (SSSR count). The van der Waals surface area contributed by atoms with E-state index in [1.165, 1.54) is 42.7 Å². The third kappa shape index (κ3) is 6.17. The van der Waals surface area contributed by atoms with Gasteiger partial charge in [0.05, 0.1) is 4.92 Å². The molecule has 0 amide bonds. The van der Waals surface area contributed by atoms with Gasteiger partial charge >= 0.3 is 0 Å². The molecule has 1 aromatic heterocycles. The van der Waals surface area contributed by atoms with Crippen molar-refractivity contribution < 1.29 is 14.8 Å². The van der Waals surface area contributed by atoms with Gasteiger partial charge in [-0.25, -0.2) is 0 Å². The zero-order chi connectivity index (χ0) is 18.4. The molecule has 8 heteroatoms. The summed E-state index contributed by atoms with van der Waals surface area (Å²) in [4.78, 5) is 11.5. The number of nitrogens with one attached hydrogen (secondary N) is 1. The fourth-order valence-corrected chi connectivity index (χ4v) is 4.33. The first-order valence-electron chi connectivity index (χ1n) is 8.95. The van der Waals surface area contributed by atoms with E-state index in [9.17, 15) is 15.2 Å². The van der Waals surface area contributed by atoms with E-state index in [1.54, 1.807) is 23.5 Å². The van der Waals surface area contributed by atoms with E-state index < -0.39 is 11.0 Å². The molecule has 1 fully saturated rings. The van der Waals surface area contributed by atoms with Gasteiger partial charge in [0, 0.05) is 29.6 Å². The number of nitro groups is 1. The largest absolute Gasteiger partial charge is 0.491 e. The predicted molar refractivity (Wildman–Crippen MR) is 109 cm³/mol. The van der Waals surface area contributed by atoms with Gasteiger partial charge in [-0.05, 0) is 42.3 Å². The summed E-state index contributed by atoms with van der Waals surface area (Å²) in [5.74, 6) is 1.14. The van der Waals surface area contributed by atoms with E-state index in [0.717, 1.165) is 0 Å². The van der Waals surface area contributed by atoms with Gasteiger partial charge in [0.15, 0.2) is 0 Å². The zero-order valence-corrected chi connectivity index (χ0v) is 16.6. The zero-order valence-electron chi connectivity index (χ0n) is 15.0. The van der Waals surface area contributed by atoms with E-state index in [4.69, 9.17) is 4.74 Å². The highest BCUT2D eigenvalue weighted by Gasteiger charge is 2.27. The molecular formula is C19H25ClN2O4S. The third-order valence-electron chi connectivity index (χ3n) is 4.78. The van der Waals surface area contributed by atoms with Gasteiger partial charge in [-0.1, -0.05) is 18.9 Å². The number of non-ortho nitro benzene ring substituents is 1. The maximum atomic E-state index is 10.7. The standard InChI is InChI=1S/C19H24N2O4S.ClH/c22-16(13-25-17-9-7-15(8-10-17)21(23)24)12-20-19(14-4-1-2-5-14)18-6-3-11-26-18;/h3,6-11,14,16,19-20,22H,1-2,4-5,12-13H2;1H. The van der Waals surface area contributed by atoms with E-state index in [-0.39, 0.29) is 30.7 Å². The summed E-state index contributed by atoms with van der Waals surface area (Å²) in [6.45, 7) is 0.596. The first kappa shape index (κ1) is 21.6. The minimum atomic E-state index is -0.644. The Morgan fingerprint density at radius 2 is 1.96 bits per heavy atom. The summed E-state index contributed by atoms with van der Waals surface area (Å²) in [5.41, 5.74) is 0.0231. The average Bonchev–Trinajstić information content (AvgIpc) is 3.35. The van der Waals surface area contributed by atoms with Crippen molar-refractivity contribution in [3.8, 4) is 5.75 Å². The van der Waals surface area contributed by atoms with Crippen molar-refractivity contribution in [2.24, 2.45) is 5.92 Å². The van der Waals surface area contributed by atoms with Crippen molar-refractivity contribution in [2.75, 3.05) is 13.2 Å². The summed E-state index contributed by atoms with van der Waals surface area (Å²) < 4.78 is 5.54. The molecule has 0 spiro atoms. The van der Waals surface area contributed by atoms with Crippen LogP contribution in [0, 0.1) is 16.0 Å². The summed E-state index contributed by atoms with van der Waals surface area (Å²) in [5, 5.41) is 26.5. The van der Waals surface area contributed by atoms with Gasteiger partial charge in [0.25, 0.3) is 5.69 Å². The number of benzene rings is 1. The fraction of sp³-hybridized carbons (Fsp3) is 0.474. The van der Waals surface area contributed by atoms with Crippen LogP contribution in [0.2, 0.25) is 0 Å². The molecule has 2 aromatic rings. The highest BCUT2D eigenvalue weighted by Crippen LogP contribution is 2.37. The van der Waals surface area contributed by atoms with E-state index in [1.807, 2.05) is 0 Å². The van der Waals surface area contributed by atoms with Crippen molar-refractivity contribution in [1.29, 1.82) is 0 Å². The molecule has 2 atom stereocenters. The Morgan fingerprint density at radius 1 is 1.26 bits per heavy atom. The van der Waals surface area contributed by atoms with E-state index in [2.05, 4.69) is 22.8 Å². The van der Waals surface area contributed by atoms with Crippen molar-refractivity contribution in [1.82, 2.24) is 5.32 Å². The molecule has 1 aromatic carbocycles. The number of thiophene rings is 1. The third-order valence-corrected chi connectivity index (χ3v) is 5.74. The second-order valence-electron chi connectivity index (χ2n) is 6.66. The maximum Gasteiger partial charge on any atom is 0.269 e. The van der Waals surface area contributed by atoms with Crippen LogP contribution in [-0.2, 0) is 0 Å². The Bertz CT molecular complexity index is 690. The van der Waals surface area contributed by atoms with Crippen molar-refractivity contribution >= 4 is 29.4 Å². The minimum Gasteiger partial charge on any atom is -0.491 e. The molecule has 2 N–H and O–H groups in total. The van der Waals surface area contributed by atoms with Crippen LogP contribution in [0.5, 0.6) is 5.75 Å². The molecule has 0 saturated heterocycles. The molecular weight excluding hydrogens is 388 g/mol. The molecule has 1 heterocycles. The normalized spacial score (nSPS) is 16.5. The lowest BCUT2D eigenvalue weighted by Gasteiger charge is -2.25. The van der Waals surface area contributed by atoms with Crippen LogP contribution < -0.4 is 10.1 Å². The monoisotopic (exact) mass is 412 g/mol. The number of nitro benzene ring substituents is 1. The molecule has 6 nitrogen and oxygen atoms in total. The van der Waals surface area contributed by atoms with Crippen LogP contribution in [0.3, 0.4) is 0 Å². The Kier molecular flexibility index (Phi) is 8.50. The summed E-state index contributed by atoms with van der Waals surface area (Å²) in [6, 6.07) is 10.4. The number of ether oxygens (including phenoxy) is 1. The molecule has 148 valence electrons. The number of aliphatic hydroxyl groups is 1. The first-order chi connectivity index (χ1) is 12.6. The maximum absolute atomic E-state index is 10.7. The van der Waals surface area contributed by atoms with Crippen LogP contribution in [0.15, 0.2) is 41.8 Å². The molecule has 0 radical (unpaired) electrons. The lowest BCUT2D eigenvalue weighted by molar-refractivity contribution is -0.384. The van der Waals surface area contributed by atoms with Crippen molar-refractivity contribution in [2.45, 2.75) is 37.8 Å². The Labute approximate surface area is 169 Å². The molecule has 1 aliphatic carbocycles. The lowest BCUT2D eigenvalue weighted by Crippen LogP contribution is -2.36. The van der Waals surface area contributed by atoms with Gasteiger partial charge in [-0.3, -0.25) is 10.1 Å². The molecule has 1 aliphatic rings. The Balaban J connectivity index is 0.00000261. The smallest absolute Gasteiger partial charge is 0.269 e. The molecule has 1 saturated carbocycles. The Hall–Kier alpha value is -1.67. The molecule has 2 unspecified atom stereocenters. The first-order valence-corrected chi connectivity index (χ1v) is 9.83. The molecule has 27 heavy (non-hydrogen) atoms. The van der Waals surface area contributed by atoms with Crippen molar-refractivity contribution in [3.63, 3.8) is 0 Å². The second-order valence-corrected chi connectivity index (χ2v) is 7.64. The molecule has 0 aliphatic heterocycles. The summed E-state index contributed by atoms with van der Waals surface area (Å²) >= 11 is 1.75.